The van der Waals surface area contributed by atoms with Crippen LogP contribution < -0.4 is 5.73 Å². The van der Waals surface area contributed by atoms with E-state index in [9.17, 15) is 0 Å². The van der Waals surface area contributed by atoms with E-state index >= 15 is 0 Å². The van der Waals surface area contributed by atoms with E-state index in [1.807, 2.05) is 0 Å². The number of hydrogen-bond donors (Lipinski definition) is 1. The predicted molar refractivity (Wildman–Crippen MR) is 70.9 cm³/mol. The van der Waals surface area contributed by atoms with Crippen molar-refractivity contribution in [3.8, 4) is 0 Å². The highest BCUT2D eigenvalue weighted by Crippen LogP contribution is 2.39. The molecule has 0 fully saturated rings. The van der Waals surface area contributed by atoms with Crippen LogP contribution >= 0.6 is 0 Å². The lowest BCUT2D eigenvalue weighted by molar-refractivity contribution is 0.532. The van der Waals surface area contributed by atoms with Crippen molar-refractivity contribution in [2.75, 3.05) is 5.73 Å². The molecule has 16 heavy (non-hydrogen) atoms. The normalized spacial score (nSPS) is 19.9. The van der Waals surface area contributed by atoms with Gasteiger partial charge in [0.25, 0.3) is 0 Å². The van der Waals surface area contributed by atoms with E-state index in [1.54, 1.807) is 5.56 Å². The largest absolute Gasteiger partial charge is 0.399 e. The fraction of sp³-hybridized carbons (Fsp3) is 0.600. The summed E-state index contributed by atoms with van der Waals surface area (Å²) in [5.41, 5.74) is 11.6. The van der Waals surface area contributed by atoms with Crippen molar-refractivity contribution in [1.29, 1.82) is 0 Å². The molecule has 0 aromatic heterocycles. The van der Waals surface area contributed by atoms with E-state index in [0.717, 1.165) is 11.6 Å². The summed E-state index contributed by atoms with van der Waals surface area (Å²) >= 11 is 0. The first kappa shape index (κ1) is 11.5. The summed E-state index contributed by atoms with van der Waals surface area (Å²) in [5, 5.41) is 0. The molecule has 1 aromatic rings. The average molecular weight is 217 g/mol. The second-order valence-corrected chi connectivity index (χ2v) is 5.34. The summed E-state index contributed by atoms with van der Waals surface area (Å²) in [6, 6.07) is 4.39. The van der Waals surface area contributed by atoms with Crippen LogP contribution in [0.5, 0.6) is 0 Å². The van der Waals surface area contributed by atoms with Crippen molar-refractivity contribution < 1.29 is 0 Å². The lowest BCUT2D eigenvalue weighted by Crippen LogP contribution is -2.13. The van der Waals surface area contributed by atoms with Crippen LogP contribution in [0.4, 0.5) is 5.69 Å². The Morgan fingerprint density at radius 1 is 1.38 bits per heavy atom. The Kier molecular flexibility index (Phi) is 3.22. The van der Waals surface area contributed by atoms with Crippen molar-refractivity contribution in [2.45, 2.75) is 58.3 Å². The molecule has 0 amide bonds. The van der Waals surface area contributed by atoms with Crippen LogP contribution in [0.3, 0.4) is 0 Å². The monoisotopic (exact) mass is 217 g/mol. The minimum Gasteiger partial charge on any atom is -0.399 e. The van der Waals surface area contributed by atoms with Crippen LogP contribution in [-0.2, 0) is 6.42 Å². The SMILES string of the molecule is CCC1CCCc2cc(N)cc(C(C)C)c21. The van der Waals surface area contributed by atoms with Gasteiger partial charge >= 0.3 is 0 Å². The maximum Gasteiger partial charge on any atom is 0.0319 e. The topological polar surface area (TPSA) is 26.0 Å². The van der Waals surface area contributed by atoms with Gasteiger partial charge in [0, 0.05) is 5.69 Å². The Bertz CT molecular complexity index is 379. The van der Waals surface area contributed by atoms with Crippen LogP contribution in [0, 0.1) is 0 Å². The third-order valence-electron chi connectivity index (χ3n) is 3.84. The molecule has 88 valence electrons. The van der Waals surface area contributed by atoms with Crippen molar-refractivity contribution in [2.24, 2.45) is 0 Å². The van der Waals surface area contributed by atoms with Gasteiger partial charge in [-0.1, -0.05) is 20.8 Å². The number of fused-ring (bicyclic) bond motifs is 1. The van der Waals surface area contributed by atoms with E-state index in [2.05, 4.69) is 32.9 Å². The number of rotatable bonds is 2. The molecule has 0 radical (unpaired) electrons. The molecule has 0 aliphatic heterocycles. The fourth-order valence-electron chi connectivity index (χ4n) is 3.04. The molecule has 1 aliphatic carbocycles. The summed E-state index contributed by atoms with van der Waals surface area (Å²) in [7, 11) is 0. The first-order valence-corrected chi connectivity index (χ1v) is 6.55. The maximum atomic E-state index is 6.01. The quantitative estimate of drug-likeness (QED) is 0.737. The first-order chi connectivity index (χ1) is 7.63. The number of anilines is 1. The molecule has 0 spiro atoms. The third-order valence-corrected chi connectivity index (χ3v) is 3.84. The summed E-state index contributed by atoms with van der Waals surface area (Å²) < 4.78 is 0. The lowest BCUT2D eigenvalue weighted by atomic mass is 9.76. The molecule has 2 rings (SSSR count). The molecular formula is C15H23N. The van der Waals surface area contributed by atoms with Gasteiger partial charge in [-0.3, -0.25) is 0 Å². The van der Waals surface area contributed by atoms with Gasteiger partial charge in [0.2, 0.25) is 0 Å². The van der Waals surface area contributed by atoms with Crippen molar-refractivity contribution >= 4 is 5.69 Å². The molecule has 2 N–H and O–H groups in total. The van der Waals surface area contributed by atoms with Crippen LogP contribution in [0.1, 0.15) is 68.6 Å². The molecule has 1 aromatic carbocycles. The van der Waals surface area contributed by atoms with Crippen molar-refractivity contribution in [3.05, 3.63) is 28.8 Å². The Balaban J connectivity index is 2.56. The number of hydrogen-bond acceptors (Lipinski definition) is 1. The Labute approximate surface area is 99.0 Å². The second-order valence-electron chi connectivity index (χ2n) is 5.34. The molecule has 0 saturated heterocycles. The van der Waals surface area contributed by atoms with Crippen LogP contribution in [0.25, 0.3) is 0 Å². The van der Waals surface area contributed by atoms with E-state index in [4.69, 9.17) is 5.73 Å². The van der Waals surface area contributed by atoms with Gasteiger partial charge in [-0.25, -0.2) is 0 Å². The summed E-state index contributed by atoms with van der Waals surface area (Å²) in [6.45, 7) is 6.85. The van der Waals surface area contributed by atoms with E-state index in [0.29, 0.717) is 5.92 Å². The van der Waals surface area contributed by atoms with E-state index < -0.39 is 0 Å². The van der Waals surface area contributed by atoms with Crippen LogP contribution in [0.2, 0.25) is 0 Å². The predicted octanol–water partition coefficient (Wildman–Crippen LogP) is 4.22. The highest BCUT2D eigenvalue weighted by molar-refractivity contribution is 5.52. The number of benzene rings is 1. The minimum atomic E-state index is 0.587. The molecule has 0 saturated carbocycles. The smallest absolute Gasteiger partial charge is 0.0319 e. The third kappa shape index (κ3) is 1.95. The standard InChI is InChI=1S/C15H23N/c1-4-11-6-5-7-12-8-13(16)9-14(10(2)3)15(11)12/h8-11H,4-7,16H2,1-3H3. The van der Waals surface area contributed by atoms with Gasteiger partial charge in [0.1, 0.15) is 0 Å². The molecule has 1 nitrogen and oxygen atoms in total. The Morgan fingerprint density at radius 3 is 2.75 bits per heavy atom. The first-order valence-electron chi connectivity index (χ1n) is 6.55. The van der Waals surface area contributed by atoms with Gasteiger partial charge in [-0.2, -0.15) is 0 Å². The van der Waals surface area contributed by atoms with Gasteiger partial charge in [0.05, 0.1) is 0 Å². The highest BCUT2D eigenvalue weighted by atomic mass is 14.5. The summed E-state index contributed by atoms with van der Waals surface area (Å²) in [4.78, 5) is 0. The molecule has 1 unspecified atom stereocenters. The molecule has 0 bridgehead atoms. The van der Waals surface area contributed by atoms with Crippen molar-refractivity contribution in [3.63, 3.8) is 0 Å². The van der Waals surface area contributed by atoms with Gasteiger partial charge < -0.3 is 5.73 Å². The average Bonchev–Trinajstić information content (AvgIpc) is 2.26. The van der Waals surface area contributed by atoms with Gasteiger partial charge in [-0.15, -0.1) is 0 Å². The summed E-state index contributed by atoms with van der Waals surface area (Å²) in [5.74, 6) is 1.35. The maximum absolute atomic E-state index is 6.01. The van der Waals surface area contributed by atoms with Crippen LogP contribution in [-0.4, -0.2) is 0 Å². The van der Waals surface area contributed by atoms with Gasteiger partial charge in [0.15, 0.2) is 0 Å². The van der Waals surface area contributed by atoms with Crippen LogP contribution in [0.15, 0.2) is 12.1 Å². The number of nitrogens with two attached hydrogens (primary N) is 1. The molecule has 1 aliphatic rings. The van der Waals surface area contributed by atoms with Crippen molar-refractivity contribution in [1.82, 2.24) is 0 Å². The second kappa shape index (κ2) is 4.48. The van der Waals surface area contributed by atoms with E-state index in [1.165, 1.54) is 36.8 Å². The Hall–Kier alpha value is -0.980. The molecule has 0 heterocycles. The zero-order valence-electron chi connectivity index (χ0n) is 10.7. The fourth-order valence-corrected chi connectivity index (χ4v) is 3.04. The Morgan fingerprint density at radius 2 is 2.12 bits per heavy atom. The summed E-state index contributed by atoms with van der Waals surface area (Å²) in [6.07, 6.45) is 5.16. The highest BCUT2D eigenvalue weighted by Gasteiger charge is 2.23. The molecule has 1 heteroatoms. The molecule has 1 atom stereocenters. The number of aryl methyl sites for hydroxylation is 1. The number of nitrogen functional groups attached to an aromatic ring is 1. The lowest BCUT2D eigenvalue weighted by Gasteiger charge is -2.29. The molecular weight excluding hydrogens is 194 g/mol. The zero-order valence-corrected chi connectivity index (χ0v) is 10.7. The minimum absolute atomic E-state index is 0.587. The van der Waals surface area contributed by atoms with E-state index in [-0.39, 0.29) is 0 Å². The van der Waals surface area contributed by atoms with Gasteiger partial charge in [-0.05, 0) is 66.3 Å². The zero-order chi connectivity index (χ0) is 11.7.